The number of hydrazine groups is 1. The second-order valence-electron chi connectivity index (χ2n) is 4.29. The molecule has 0 fully saturated rings. The predicted octanol–water partition coefficient (Wildman–Crippen LogP) is 0.875. The number of anilines is 1. The molecule has 0 bridgehead atoms. The molecule has 0 aliphatic carbocycles. The molecule has 2 aromatic rings. The minimum absolute atomic E-state index is 0.305. The van der Waals surface area contributed by atoms with Crippen molar-refractivity contribution in [2.75, 3.05) is 5.43 Å². The summed E-state index contributed by atoms with van der Waals surface area (Å²) in [5.41, 5.74) is 2.44. The van der Waals surface area contributed by atoms with Crippen LogP contribution in [0.2, 0.25) is 0 Å². The van der Waals surface area contributed by atoms with Crippen LogP contribution in [0.15, 0.2) is 17.8 Å². The van der Waals surface area contributed by atoms with Gasteiger partial charge in [-0.05, 0) is 5.92 Å². The van der Waals surface area contributed by atoms with Gasteiger partial charge in [-0.3, -0.25) is 5.43 Å². The summed E-state index contributed by atoms with van der Waals surface area (Å²) in [4.78, 5) is 16.6. The summed E-state index contributed by atoms with van der Waals surface area (Å²) in [5, 5.41) is 4.98. The molecule has 19 heavy (non-hydrogen) atoms. The predicted molar refractivity (Wildman–Crippen MR) is 72.7 cm³/mol. The number of aromatic nitrogens is 6. The first-order valence-electron chi connectivity index (χ1n) is 5.84. The number of nitrogens with one attached hydrogen (secondary N) is 1. The van der Waals surface area contributed by atoms with E-state index < -0.39 is 0 Å². The Morgan fingerprint density at radius 2 is 2.05 bits per heavy atom. The van der Waals surface area contributed by atoms with Gasteiger partial charge in [0.25, 0.3) is 5.95 Å². The fourth-order valence-corrected chi connectivity index (χ4v) is 2.06. The highest BCUT2D eigenvalue weighted by molar-refractivity contribution is 7.99. The molecule has 0 spiro atoms. The fourth-order valence-electron chi connectivity index (χ4n) is 1.18. The van der Waals surface area contributed by atoms with Gasteiger partial charge in [-0.15, -0.1) is 0 Å². The number of rotatable bonds is 5. The molecule has 9 heteroatoms. The van der Waals surface area contributed by atoms with Gasteiger partial charge >= 0.3 is 0 Å². The number of nitrogens with zero attached hydrogens (tertiary/aromatic N) is 6. The van der Waals surface area contributed by atoms with Crippen molar-refractivity contribution in [1.82, 2.24) is 29.7 Å². The minimum atomic E-state index is 0.305. The van der Waals surface area contributed by atoms with E-state index in [1.807, 2.05) is 0 Å². The molecule has 1 unspecified atom stereocenters. The number of thioether (sulfide) groups is 1. The zero-order valence-corrected chi connectivity index (χ0v) is 11.8. The highest BCUT2D eigenvalue weighted by atomic mass is 32.2. The number of hydrogen-bond donors (Lipinski definition) is 2. The maximum atomic E-state index is 5.37. The van der Waals surface area contributed by atoms with Gasteiger partial charge in [-0.25, -0.2) is 10.8 Å². The topological polar surface area (TPSA) is 107 Å². The largest absolute Gasteiger partial charge is 0.292 e. The molecule has 2 aromatic heterocycles. The molecule has 1 atom stereocenters. The van der Waals surface area contributed by atoms with Gasteiger partial charge < -0.3 is 0 Å². The summed E-state index contributed by atoms with van der Waals surface area (Å²) < 4.78 is 1.46. The Morgan fingerprint density at radius 3 is 2.63 bits per heavy atom. The third kappa shape index (κ3) is 3.38. The Morgan fingerprint density at radius 1 is 1.26 bits per heavy atom. The highest BCUT2D eigenvalue weighted by Crippen LogP contribution is 2.25. The van der Waals surface area contributed by atoms with Gasteiger partial charge in [-0.2, -0.15) is 24.7 Å². The molecular weight excluding hydrogens is 264 g/mol. The lowest BCUT2D eigenvalue weighted by Crippen LogP contribution is -2.15. The summed E-state index contributed by atoms with van der Waals surface area (Å²) in [6.07, 6.45) is 2.94. The quantitative estimate of drug-likeness (QED) is 0.472. The molecule has 102 valence electrons. The first-order chi connectivity index (χ1) is 9.10. The van der Waals surface area contributed by atoms with E-state index in [9.17, 15) is 0 Å². The standard InChI is InChI=1S/C10H16N8S/c1-6(2)7(3)19-10-15-8(17-11)14-9(16-10)18-5-12-4-13-18/h4-7H,11H2,1-3H3,(H,14,15,16,17). The number of nitrogens with two attached hydrogens (primary N) is 1. The van der Waals surface area contributed by atoms with E-state index in [1.165, 1.54) is 17.3 Å². The fraction of sp³-hybridized carbons (Fsp3) is 0.500. The first kappa shape index (κ1) is 13.7. The SMILES string of the molecule is CC(C)C(C)Sc1nc(NN)nc(-n2cncn2)n1. The Hall–Kier alpha value is -1.74. The van der Waals surface area contributed by atoms with Gasteiger partial charge in [0.1, 0.15) is 12.7 Å². The van der Waals surface area contributed by atoms with Crippen molar-refractivity contribution in [3.8, 4) is 5.95 Å². The molecular formula is C10H16N8S. The van der Waals surface area contributed by atoms with Crippen LogP contribution in [0.4, 0.5) is 5.95 Å². The van der Waals surface area contributed by atoms with Gasteiger partial charge in [0.2, 0.25) is 5.95 Å². The molecule has 2 rings (SSSR count). The van der Waals surface area contributed by atoms with Gasteiger partial charge in [0.15, 0.2) is 5.16 Å². The van der Waals surface area contributed by atoms with Gasteiger partial charge in [0.05, 0.1) is 0 Å². The average Bonchev–Trinajstić information content (AvgIpc) is 2.92. The normalized spacial score (nSPS) is 12.7. The van der Waals surface area contributed by atoms with Crippen LogP contribution in [0.3, 0.4) is 0 Å². The van der Waals surface area contributed by atoms with Crippen molar-refractivity contribution in [1.29, 1.82) is 0 Å². The molecule has 0 amide bonds. The lowest BCUT2D eigenvalue weighted by atomic mass is 10.2. The maximum absolute atomic E-state index is 5.37. The van der Waals surface area contributed by atoms with Gasteiger partial charge in [0, 0.05) is 5.25 Å². The number of nitrogen functional groups attached to an aromatic ring is 1. The second kappa shape index (κ2) is 5.93. The molecule has 0 saturated heterocycles. The molecule has 0 aliphatic heterocycles. The Labute approximate surface area is 115 Å². The van der Waals surface area contributed by atoms with E-state index in [4.69, 9.17) is 5.84 Å². The van der Waals surface area contributed by atoms with E-state index in [1.54, 1.807) is 11.8 Å². The van der Waals surface area contributed by atoms with E-state index in [-0.39, 0.29) is 0 Å². The van der Waals surface area contributed by atoms with Crippen LogP contribution in [-0.4, -0.2) is 35.0 Å². The monoisotopic (exact) mass is 280 g/mol. The van der Waals surface area contributed by atoms with Crippen LogP contribution in [0.1, 0.15) is 20.8 Å². The van der Waals surface area contributed by atoms with E-state index >= 15 is 0 Å². The van der Waals surface area contributed by atoms with Crippen molar-refractivity contribution in [3.05, 3.63) is 12.7 Å². The van der Waals surface area contributed by atoms with Crippen LogP contribution in [0.25, 0.3) is 5.95 Å². The first-order valence-corrected chi connectivity index (χ1v) is 6.72. The summed E-state index contributed by atoms with van der Waals surface area (Å²) >= 11 is 1.57. The zero-order valence-electron chi connectivity index (χ0n) is 11.0. The lowest BCUT2D eigenvalue weighted by molar-refractivity contribution is 0.639. The summed E-state index contributed by atoms with van der Waals surface area (Å²) in [6.45, 7) is 6.43. The Bertz CT molecular complexity index is 526. The van der Waals surface area contributed by atoms with Crippen LogP contribution >= 0.6 is 11.8 Å². The maximum Gasteiger partial charge on any atom is 0.257 e. The Kier molecular flexibility index (Phi) is 4.27. The van der Waals surface area contributed by atoms with E-state index in [0.29, 0.717) is 28.2 Å². The molecule has 8 nitrogen and oxygen atoms in total. The zero-order chi connectivity index (χ0) is 13.8. The smallest absolute Gasteiger partial charge is 0.257 e. The second-order valence-corrected chi connectivity index (χ2v) is 5.64. The van der Waals surface area contributed by atoms with E-state index in [0.717, 1.165) is 0 Å². The van der Waals surface area contributed by atoms with Crippen molar-refractivity contribution >= 4 is 17.7 Å². The van der Waals surface area contributed by atoms with E-state index in [2.05, 4.69) is 51.2 Å². The van der Waals surface area contributed by atoms with Gasteiger partial charge in [-0.1, -0.05) is 32.5 Å². The summed E-state index contributed by atoms with van der Waals surface area (Å²) in [5.74, 6) is 6.59. The molecule has 3 N–H and O–H groups in total. The molecule has 0 saturated carbocycles. The number of hydrogen-bond acceptors (Lipinski definition) is 8. The van der Waals surface area contributed by atoms with Crippen molar-refractivity contribution < 1.29 is 0 Å². The lowest BCUT2D eigenvalue weighted by Gasteiger charge is -2.14. The highest BCUT2D eigenvalue weighted by Gasteiger charge is 2.14. The van der Waals surface area contributed by atoms with Crippen molar-refractivity contribution in [2.45, 2.75) is 31.2 Å². The van der Waals surface area contributed by atoms with Crippen molar-refractivity contribution in [3.63, 3.8) is 0 Å². The van der Waals surface area contributed by atoms with Crippen LogP contribution in [0.5, 0.6) is 0 Å². The van der Waals surface area contributed by atoms with Crippen molar-refractivity contribution in [2.24, 2.45) is 11.8 Å². The molecule has 2 heterocycles. The third-order valence-corrected chi connectivity index (χ3v) is 3.90. The molecule has 0 aromatic carbocycles. The molecule has 0 aliphatic rings. The average molecular weight is 280 g/mol. The third-order valence-electron chi connectivity index (χ3n) is 2.59. The van der Waals surface area contributed by atoms with Crippen LogP contribution in [0, 0.1) is 5.92 Å². The van der Waals surface area contributed by atoms with Crippen LogP contribution in [-0.2, 0) is 0 Å². The molecule has 0 radical (unpaired) electrons. The summed E-state index contributed by atoms with van der Waals surface area (Å²) in [7, 11) is 0. The minimum Gasteiger partial charge on any atom is -0.292 e. The van der Waals surface area contributed by atoms with Crippen LogP contribution < -0.4 is 11.3 Å². The Balaban J connectivity index is 2.31. The summed E-state index contributed by atoms with van der Waals surface area (Å²) in [6, 6.07) is 0.